The van der Waals surface area contributed by atoms with Crippen molar-refractivity contribution < 1.29 is 8.91 Å². The standard InChI is InChI=1S/C24H20FN5OS2/c25-19-11-5-4-10-18(19)23-27-28-24(30(23)16-17-8-2-1-3-9-17)33-15-7-13-21-26-22(29-31-21)20-12-6-14-32-20/h1-6,8-12,14H,7,13,15-16H2. The molecule has 5 aromatic rings. The third-order valence-corrected chi connectivity index (χ3v) is 6.91. The fraction of sp³-hybridized carbons (Fsp3) is 0.167. The number of aromatic nitrogens is 5. The number of aryl methyl sites for hydroxylation is 1. The Balaban J connectivity index is 1.29. The summed E-state index contributed by atoms with van der Waals surface area (Å²) in [6, 6.07) is 20.6. The molecule has 3 aromatic heterocycles. The molecule has 0 saturated carbocycles. The predicted molar refractivity (Wildman–Crippen MR) is 128 cm³/mol. The van der Waals surface area contributed by atoms with Crippen LogP contribution < -0.4 is 0 Å². The fourth-order valence-electron chi connectivity index (χ4n) is 3.39. The lowest BCUT2D eigenvalue weighted by Crippen LogP contribution is -2.05. The highest BCUT2D eigenvalue weighted by atomic mass is 32.2. The average molecular weight is 478 g/mol. The summed E-state index contributed by atoms with van der Waals surface area (Å²) in [6.07, 6.45) is 1.52. The molecule has 0 N–H and O–H groups in total. The molecule has 9 heteroatoms. The Kier molecular flexibility index (Phi) is 6.59. The van der Waals surface area contributed by atoms with E-state index >= 15 is 0 Å². The lowest BCUT2D eigenvalue weighted by molar-refractivity contribution is 0.378. The highest BCUT2D eigenvalue weighted by Gasteiger charge is 2.17. The van der Waals surface area contributed by atoms with Crippen LogP contribution in [0.2, 0.25) is 0 Å². The van der Waals surface area contributed by atoms with Gasteiger partial charge in [-0.25, -0.2) is 4.39 Å². The van der Waals surface area contributed by atoms with E-state index in [4.69, 9.17) is 4.52 Å². The van der Waals surface area contributed by atoms with E-state index in [0.29, 0.717) is 36.1 Å². The van der Waals surface area contributed by atoms with Crippen molar-refractivity contribution in [3.8, 4) is 22.1 Å². The van der Waals surface area contributed by atoms with Crippen LogP contribution in [0.5, 0.6) is 0 Å². The Bertz CT molecular complexity index is 1320. The molecule has 3 heterocycles. The largest absolute Gasteiger partial charge is 0.339 e. The van der Waals surface area contributed by atoms with E-state index in [1.807, 2.05) is 58.5 Å². The fourth-order valence-corrected chi connectivity index (χ4v) is 4.92. The van der Waals surface area contributed by atoms with Gasteiger partial charge in [-0.2, -0.15) is 4.98 Å². The van der Waals surface area contributed by atoms with E-state index in [0.717, 1.165) is 27.8 Å². The second-order valence-electron chi connectivity index (χ2n) is 7.30. The smallest absolute Gasteiger partial charge is 0.227 e. The second kappa shape index (κ2) is 10.1. The van der Waals surface area contributed by atoms with Crippen molar-refractivity contribution in [3.63, 3.8) is 0 Å². The number of thiophene rings is 1. The van der Waals surface area contributed by atoms with Gasteiger partial charge in [-0.3, -0.25) is 4.57 Å². The van der Waals surface area contributed by atoms with Gasteiger partial charge in [-0.05, 0) is 35.6 Å². The van der Waals surface area contributed by atoms with Gasteiger partial charge in [0.25, 0.3) is 0 Å². The first-order valence-electron chi connectivity index (χ1n) is 10.5. The summed E-state index contributed by atoms with van der Waals surface area (Å²) in [5, 5.41) is 15.5. The molecule has 166 valence electrons. The third-order valence-electron chi connectivity index (χ3n) is 4.99. The molecule has 0 aliphatic heterocycles. The van der Waals surface area contributed by atoms with Crippen LogP contribution in [0.4, 0.5) is 4.39 Å². The Morgan fingerprint density at radius 1 is 0.970 bits per heavy atom. The van der Waals surface area contributed by atoms with Gasteiger partial charge < -0.3 is 4.52 Å². The second-order valence-corrected chi connectivity index (χ2v) is 9.31. The first-order valence-corrected chi connectivity index (χ1v) is 12.4. The maximum atomic E-state index is 14.5. The molecular weight excluding hydrogens is 457 g/mol. The van der Waals surface area contributed by atoms with E-state index in [-0.39, 0.29) is 5.82 Å². The van der Waals surface area contributed by atoms with Crippen LogP contribution in [0, 0.1) is 5.82 Å². The van der Waals surface area contributed by atoms with Crippen LogP contribution in [0.25, 0.3) is 22.1 Å². The number of hydrogen-bond donors (Lipinski definition) is 0. The molecule has 0 atom stereocenters. The van der Waals surface area contributed by atoms with Crippen LogP contribution >= 0.6 is 23.1 Å². The van der Waals surface area contributed by atoms with Crippen molar-refractivity contribution in [1.29, 1.82) is 0 Å². The summed E-state index contributed by atoms with van der Waals surface area (Å²) in [5.41, 5.74) is 1.54. The minimum Gasteiger partial charge on any atom is -0.339 e. The molecule has 0 aliphatic rings. The summed E-state index contributed by atoms with van der Waals surface area (Å²) in [5.74, 6) is 2.26. The lowest BCUT2D eigenvalue weighted by atomic mass is 10.2. The molecule has 0 aliphatic carbocycles. The quantitative estimate of drug-likeness (QED) is 0.192. The molecule has 2 aromatic carbocycles. The van der Waals surface area contributed by atoms with Gasteiger partial charge in [0.2, 0.25) is 11.7 Å². The minimum atomic E-state index is -0.311. The summed E-state index contributed by atoms with van der Waals surface area (Å²) in [6.45, 7) is 0.563. The zero-order chi connectivity index (χ0) is 22.5. The normalized spacial score (nSPS) is 11.2. The number of nitrogens with zero attached hydrogens (tertiary/aromatic N) is 5. The molecule has 0 saturated heterocycles. The number of thioether (sulfide) groups is 1. The van der Waals surface area contributed by atoms with Crippen molar-refractivity contribution in [1.82, 2.24) is 24.9 Å². The summed E-state index contributed by atoms with van der Waals surface area (Å²) < 4.78 is 21.8. The highest BCUT2D eigenvalue weighted by molar-refractivity contribution is 7.99. The van der Waals surface area contributed by atoms with E-state index in [1.165, 1.54) is 6.07 Å². The SMILES string of the molecule is Fc1ccccc1-c1nnc(SCCCc2nc(-c3cccs3)no2)n1Cc1ccccc1. The molecule has 33 heavy (non-hydrogen) atoms. The number of benzene rings is 2. The molecule has 5 rings (SSSR count). The van der Waals surface area contributed by atoms with Crippen LogP contribution in [-0.2, 0) is 13.0 Å². The van der Waals surface area contributed by atoms with Gasteiger partial charge in [0.1, 0.15) is 5.82 Å². The third kappa shape index (κ3) is 5.04. The average Bonchev–Trinajstić information content (AvgIpc) is 3.60. The van der Waals surface area contributed by atoms with Gasteiger partial charge in [0.05, 0.1) is 17.0 Å². The predicted octanol–water partition coefficient (Wildman–Crippen LogP) is 5.97. The Morgan fingerprint density at radius 2 is 1.82 bits per heavy atom. The number of hydrogen-bond acceptors (Lipinski definition) is 7. The number of rotatable bonds is 9. The van der Waals surface area contributed by atoms with Gasteiger partial charge in [0.15, 0.2) is 11.0 Å². The zero-order valence-corrected chi connectivity index (χ0v) is 19.2. The van der Waals surface area contributed by atoms with Crippen LogP contribution in [-0.4, -0.2) is 30.7 Å². The van der Waals surface area contributed by atoms with E-state index in [9.17, 15) is 4.39 Å². The Morgan fingerprint density at radius 3 is 2.64 bits per heavy atom. The van der Waals surface area contributed by atoms with Gasteiger partial charge >= 0.3 is 0 Å². The van der Waals surface area contributed by atoms with Crippen molar-refractivity contribution in [2.75, 3.05) is 5.75 Å². The summed E-state index contributed by atoms with van der Waals surface area (Å²) >= 11 is 3.18. The first-order chi connectivity index (χ1) is 16.3. The van der Waals surface area contributed by atoms with Crippen LogP contribution in [0.3, 0.4) is 0 Å². The molecule has 0 unspecified atom stereocenters. The van der Waals surface area contributed by atoms with Gasteiger partial charge in [-0.1, -0.05) is 65.4 Å². The molecule has 0 fully saturated rings. The molecule has 0 spiro atoms. The van der Waals surface area contributed by atoms with Crippen molar-refractivity contribution in [2.24, 2.45) is 0 Å². The Hall–Kier alpha value is -3.30. The Labute approximate surface area is 198 Å². The summed E-state index contributed by atoms with van der Waals surface area (Å²) in [7, 11) is 0. The van der Waals surface area contributed by atoms with Crippen molar-refractivity contribution in [2.45, 2.75) is 24.5 Å². The monoisotopic (exact) mass is 477 g/mol. The molecular formula is C24H20FN5OS2. The van der Waals surface area contributed by atoms with Crippen molar-refractivity contribution >= 4 is 23.1 Å². The topological polar surface area (TPSA) is 69.6 Å². The zero-order valence-electron chi connectivity index (χ0n) is 17.6. The van der Waals surface area contributed by atoms with Gasteiger partial charge in [-0.15, -0.1) is 21.5 Å². The molecule has 6 nitrogen and oxygen atoms in total. The molecule has 0 bridgehead atoms. The van der Waals surface area contributed by atoms with Gasteiger partial charge in [0, 0.05) is 12.2 Å². The molecule has 0 radical (unpaired) electrons. The van der Waals surface area contributed by atoms with Crippen LogP contribution in [0.1, 0.15) is 17.9 Å². The van der Waals surface area contributed by atoms with Crippen molar-refractivity contribution in [3.05, 3.63) is 89.4 Å². The summed E-state index contributed by atoms with van der Waals surface area (Å²) in [4.78, 5) is 5.47. The van der Waals surface area contributed by atoms with E-state index < -0.39 is 0 Å². The minimum absolute atomic E-state index is 0.311. The molecule has 0 amide bonds. The lowest BCUT2D eigenvalue weighted by Gasteiger charge is -2.11. The van der Waals surface area contributed by atoms with E-state index in [2.05, 4.69) is 20.3 Å². The van der Waals surface area contributed by atoms with Crippen LogP contribution in [0.15, 0.2) is 81.8 Å². The maximum absolute atomic E-state index is 14.5. The highest BCUT2D eigenvalue weighted by Crippen LogP contribution is 2.28. The maximum Gasteiger partial charge on any atom is 0.227 e. The van der Waals surface area contributed by atoms with E-state index in [1.54, 1.807) is 35.2 Å². The number of halogens is 1. The first kappa shape index (κ1) is 21.5.